The maximum Gasteiger partial charge on any atom is 0.258 e. The first kappa shape index (κ1) is 17.5. The summed E-state index contributed by atoms with van der Waals surface area (Å²) in [5, 5.41) is 0.455. The zero-order valence-electron chi connectivity index (χ0n) is 12.7. The molecule has 21 heavy (non-hydrogen) atoms. The third-order valence-corrected chi connectivity index (χ3v) is 3.88. The van der Waals surface area contributed by atoms with Crippen LogP contribution in [0.4, 0.5) is 0 Å². The van der Waals surface area contributed by atoms with Gasteiger partial charge in [-0.15, -0.1) is 0 Å². The fourth-order valence-electron chi connectivity index (χ4n) is 2.21. The molecule has 0 heterocycles. The van der Waals surface area contributed by atoms with Gasteiger partial charge in [-0.1, -0.05) is 15.9 Å². The molecule has 1 aromatic carbocycles. The molecule has 0 saturated carbocycles. The van der Waals surface area contributed by atoms with E-state index in [-0.39, 0.29) is 17.0 Å². The lowest BCUT2D eigenvalue weighted by atomic mass is 10.0. The Morgan fingerprint density at radius 3 is 2.29 bits per heavy atom. The van der Waals surface area contributed by atoms with Gasteiger partial charge in [-0.25, -0.2) is 0 Å². The van der Waals surface area contributed by atoms with Crippen LogP contribution >= 0.6 is 15.9 Å². The molecule has 0 aliphatic carbocycles. The zero-order chi connectivity index (χ0) is 16.0. The van der Waals surface area contributed by atoms with Crippen molar-refractivity contribution < 1.29 is 19.1 Å². The van der Waals surface area contributed by atoms with Gasteiger partial charge in [-0.2, -0.15) is 0 Å². The summed E-state index contributed by atoms with van der Waals surface area (Å²) in [5.74, 6) is 0.677. The smallest absolute Gasteiger partial charge is 0.258 e. The second-order valence-corrected chi connectivity index (χ2v) is 4.84. The molecule has 0 atom stereocenters. The van der Waals surface area contributed by atoms with Gasteiger partial charge in [0.2, 0.25) is 0 Å². The van der Waals surface area contributed by atoms with E-state index in [1.54, 1.807) is 11.0 Å². The van der Waals surface area contributed by atoms with E-state index < -0.39 is 0 Å². The van der Waals surface area contributed by atoms with E-state index in [2.05, 4.69) is 15.9 Å². The van der Waals surface area contributed by atoms with Gasteiger partial charge in [0.15, 0.2) is 6.29 Å². The molecule has 1 aromatic rings. The largest absolute Gasteiger partial charge is 0.496 e. The Kier molecular flexibility index (Phi) is 6.68. The summed E-state index contributed by atoms with van der Waals surface area (Å²) in [6, 6.07) is 1.57. The van der Waals surface area contributed by atoms with Gasteiger partial charge in [0.05, 0.1) is 19.8 Å². The normalized spacial score (nSPS) is 10.1. The van der Waals surface area contributed by atoms with Crippen LogP contribution in [0.25, 0.3) is 0 Å². The zero-order valence-corrected chi connectivity index (χ0v) is 14.3. The molecule has 0 spiro atoms. The van der Waals surface area contributed by atoms with Gasteiger partial charge in [0.25, 0.3) is 5.91 Å². The van der Waals surface area contributed by atoms with E-state index in [9.17, 15) is 9.59 Å². The first-order valence-corrected chi connectivity index (χ1v) is 7.79. The lowest BCUT2D eigenvalue weighted by Gasteiger charge is -2.23. The van der Waals surface area contributed by atoms with E-state index in [4.69, 9.17) is 9.47 Å². The van der Waals surface area contributed by atoms with Gasteiger partial charge < -0.3 is 14.4 Å². The van der Waals surface area contributed by atoms with Gasteiger partial charge >= 0.3 is 0 Å². The predicted octanol–water partition coefficient (Wildman–Crippen LogP) is 2.89. The summed E-state index contributed by atoms with van der Waals surface area (Å²) >= 11 is 3.37. The number of hydrogen-bond donors (Lipinski definition) is 0. The monoisotopic (exact) mass is 357 g/mol. The highest BCUT2D eigenvalue weighted by Crippen LogP contribution is 2.36. The number of amides is 1. The third-order valence-electron chi connectivity index (χ3n) is 3.32. The lowest BCUT2D eigenvalue weighted by molar-refractivity contribution is 0.0766. The molecule has 0 saturated heterocycles. The molecule has 1 amide bonds. The minimum absolute atomic E-state index is 0.219. The number of methoxy groups -OCH3 is 2. The van der Waals surface area contributed by atoms with Crippen molar-refractivity contribution in [3.05, 3.63) is 22.8 Å². The Labute approximate surface area is 133 Å². The van der Waals surface area contributed by atoms with Crippen molar-refractivity contribution in [3.63, 3.8) is 0 Å². The highest BCUT2D eigenvalue weighted by molar-refractivity contribution is 9.08. The topological polar surface area (TPSA) is 55.8 Å². The molecule has 0 aromatic heterocycles. The number of rotatable bonds is 7. The van der Waals surface area contributed by atoms with Crippen LogP contribution in [-0.4, -0.2) is 44.4 Å². The third kappa shape index (κ3) is 3.37. The Bertz CT molecular complexity index is 527. The van der Waals surface area contributed by atoms with Gasteiger partial charge in [0.1, 0.15) is 11.5 Å². The second kappa shape index (κ2) is 8.02. The van der Waals surface area contributed by atoms with Crippen molar-refractivity contribution in [2.75, 3.05) is 27.3 Å². The van der Waals surface area contributed by atoms with Crippen LogP contribution in [0.1, 0.15) is 40.1 Å². The molecule has 116 valence electrons. The average molecular weight is 358 g/mol. The minimum atomic E-state index is -0.219. The van der Waals surface area contributed by atoms with Crippen molar-refractivity contribution in [3.8, 4) is 11.5 Å². The maximum atomic E-state index is 12.7. The van der Waals surface area contributed by atoms with Gasteiger partial charge in [0, 0.05) is 29.5 Å². The number of ether oxygens (including phenoxy) is 2. The van der Waals surface area contributed by atoms with Gasteiger partial charge in [-0.3, -0.25) is 9.59 Å². The Balaban J connectivity index is 3.62. The number of carbonyl (C=O) groups is 2. The number of alkyl halides is 1. The number of halogens is 1. The number of nitrogens with zero attached hydrogens (tertiary/aromatic N) is 1. The Morgan fingerprint density at radius 2 is 1.90 bits per heavy atom. The first-order valence-electron chi connectivity index (χ1n) is 6.67. The summed E-state index contributed by atoms with van der Waals surface area (Å²) in [6.07, 6.45) is 0.653. The second-order valence-electron chi connectivity index (χ2n) is 4.28. The molecule has 0 N–H and O–H groups in total. The van der Waals surface area contributed by atoms with Crippen LogP contribution in [0.3, 0.4) is 0 Å². The molecular weight excluding hydrogens is 338 g/mol. The maximum absolute atomic E-state index is 12.7. The van der Waals surface area contributed by atoms with Crippen LogP contribution in [-0.2, 0) is 5.33 Å². The highest BCUT2D eigenvalue weighted by atomic mass is 79.9. The van der Waals surface area contributed by atoms with Crippen LogP contribution in [0, 0.1) is 0 Å². The highest BCUT2D eigenvalue weighted by Gasteiger charge is 2.26. The molecule has 5 nitrogen and oxygen atoms in total. The molecule has 0 bridgehead atoms. The molecule has 0 unspecified atom stereocenters. The van der Waals surface area contributed by atoms with Crippen molar-refractivity contribution in [2.24, 2.45) is 0 Å². The quantitative estimate of drug-likeness (QED) is 0.556. The number of hydrogen-bond acceptors (Lipinski definition) is 4. The van der Waals surface area contributed by atoms with Crippen molar-refractivity contribution in [1.82, 2.24) is 4.90 Å². The standard InChI is InChI=1S/C15H20BrNO4/c1-5-17(6-2)15(19)13-10(9-18)7-12(20-3)11(8-16)14(13)21-4/h7,9H,5-6,8H2,1-4H3. The van der Waals surface area contributed by atoms with Crippen LogP contribution < -0.4 is 9.47 Å². The summed E-state index contributed by atoms with van der Waals surface area (Å²) in [7, 11) is 3.00. The minimum Gasteiger partial charge on any atom is -0.496 e. The van der Waals surface area contributed by atoms with E-state index in [0.717, 1.165) is 0 Å². The predicted molar refractivity (Wildman–Crippen MR) is 84.8 cm³/mol. The first-order chi connectivity index (χ1) is 10.1. The van der Waals surface area contributed by atoms with Crippen LogP contribution in [0.2, 0.25) is 0 Å². The summed E-state index contributed by atoms with van der Waals surface area (Å²) in [5.41, 5.74) is 1.26. The number of benzene rings is 1. The molecule has 0 fully saturated rings. The number of carbonyl (C=O) groups excluding carboxylic acids is 2. The summed E-state index contributed by atoms with van der Waals surface area (Å²) in [6.45, 7) is 4.91. The van der Waals surface area contributed by atoms with Crippen LogP contribution in [0.15, 0.2) is 6.07 Å². The Morgan fingerprint density at radius 1 is 1.29 bits per heavy atom. The van der Waals surface area contributed by atoms with Gasteiger partial charge in [-0.05, 0) is 19.9 Å². The Hall–Kier alpha value is -1.56. The lowest BCUT2D eigenvalue weighted by Crippen LogP contribution is -2.31. The summed E-state index contributed by atoms with van der Waals surface area (Å²) < 4.78 is 10.7. The van der Waals surface area contributed by atoms with Crippen molar-refractivity contribution in [2.45, 2.75) is 19.2 Å². The molecule has 0 radical (unpaired) electrons. The van der Waals surface area contributed by atoms with E-state index in [1.807, 2.05) is 13.8 Å². The summed E-state index contributed by atoms with van der Waals surface area (Å²) in [4.78, 5) is 25.7. The van der Waals surface area contributed by atoms with E-state index in [0.29, 0.717) is 41.8 Å². The average Bonchev–Trinajstić information content (AvgIpc) is 2.53. The molecule has 6 heteroatoms. The molecule has 0 aliphatic rings. The fourth-order valence-corrected chi connectivity index (χ4v) is 2.74. The number of aldehydes is 1. The molecular formula is C15H20BrNO4. The van der Waals surface area contributed by atoms with Crippen molar-refractivity contribution >= 4 is 28.1 Å². The SMILES string of the molecule is CCN(CC)C(=O)c1c(C=O)cc(OC)c(CBr)c1OC. The molecule has 0 aliphatic heterocycles. The van der Waals surface area contributed by atoms with Crippen molar-refractivity contribution in [1.29, 1.82) is 0 Å². The fraction of sp³-hybridized carbons (Fsp3) is 0.467. The molecule has 1 rings (SSSR count). The van der Waals surface area contributed by atoms with Crippen LogP contribution in [0.5, 0.6) is 11.5 Å². The van der Waals surface area contributed by atoms with E-state index in [1.165, 1.54) is 14.2 Å². The van der Waals surface area contributed by atoms with E-state index >= 15 is 0 Å².